The Kier molecular flexibility index (Phi) is 5.91. The molecule has 3 atom stereocenters. The number of hydrogen-bond acceptors (Lipinski definition) is 5. The minimum absolute atomic E-state index is 0. The van der Waals surface area contributed by atoms with E-state index in [1.165, 1.54) is 23.5 Å². The molecule has 1 aromatic rings. The van der Waals surface area contributed by atoms with E-state index in [0.29, 0.717) is 19.0 Å². The summed E-state index contributed by atoms with van der Waals surface area (Å²) in [4.78, 5) is 11.9. The zero-order valence-electron chi connectivity index (χ0n) is 13.6. The van der Waals surface area contributed by atoms with Gasteiger partial charge >= 0.3 is 5.97 Å². The molecule has 1 saturated heterocycles. The summed E-state index contributed by atoms with van der Waals surface area (Å²) in [6.07, 6.45) is 3.02. The predicted octanol–water partition coefficient (Wildman–Crippen LogP) is 1.64. The fourth-order valence-corrected chi connectivity index (χ4v) is 5.50. The van der Waals surface area contributed by atoms with Crippen molar-refractivity contribution in [3.05, 3.63) is 29.8 Å². The fraction of sp³-hybridized carbons (Fsp3) is 0.562. The molecular formula is C16H23ClN2O4S. The van der Waals surface area contributed by atoms with Crippen molar-refractivity contribution in [2.24, 2.45) is 17.6 Å². The van der Waals surface area contributed by atoms with Crippen molar-refractivity contribution in [3.63, 3.8) is 0 Å². The van der Waals surface area contributed by atoms with E-state index in [2.05, 4.69) is 0 Å². The average Bonchev–Trinajstić information content (AvgIpc) is 3.00. The second-order valence-corrected chi connectivity index (χ2v) is 8.23. The highest BCUT2D eigenvalue weighted by Gasteiger charge is 2.44. The molecule has 1 aromatic carbocycles. The molecule has 2 N–H and O–H groups in total. The number of halogens is 1. The Morgan fingerprint density at radius 2 is 1.96 bits per heavy atom. The summed E-state index contributed by atoms with van der Waals surface area (Å²) in [7, 11) is -2.48. The van der Waals surface area contributed by atoms with E-state index in [9.17, 15) is 13.2 Å². The number of benzene rings is 1. The SMILES string of the molecule is COC(=O)c1ccccc1S(=O)(=O)N1CC2CCCC(N)C2C1.Cl. The summed E-state index contributed by atoms with van der Waals surface area (Å²) in [5, 5.41) is 0. The molecule has 0 bridgehead atoms. The molecule has 24 heavy (non-hydrogen) atoms. The number of ether oxygens (including phenoxy) is 1. The first kappa shape index (κ1) is 19.2. The van der Waals surface area contributed by atoms with E-state index in [0.717, 1.165) is 19.3 Å². The van der Waals surface area contributed by atoms with Crippen LogP contribution in [0.5, 0.6) is 0 Å². The van der Waals surface area contributed by atoms with Crippen molar-refractivity contribution in [2.45, 2.75) is 30.2 Å². The quantitative estimate of drug-likeness (QED) is 0.812. The van der Waals surface area contributed by atoms with Gasteiger partial charge in [0.25, 0.3) is 0 Å². The molecule has 3 unspecified atom stereocenters. The monoisotopic (exact) mass is 374 g/mol. The Bertz CT molecular complexity index is 710. The van der Waals surface area contributed by atoms with Gasteiger partial charge in [0.05, 0.1) is 17.6 Å². The van der Waals surface area contributed by atoms with E-state index in [-0.39, 0.29) is 34.8 Å². The molecule has 0 amide bonds. The summed E-state index contributed by atoms with van der Waals surface area (Å²) in [6, 6.07) is 6.25. The molecule has 0 radical (unpaired) electrons. The Morgan fingerprint density at radius 3 is 2.62 bits per heavy atom. The van der Waals surface area contributed by atoms with Gasteiger partial charge in [-0.25, -0.2) is 13.2 Å². The lowest BCUT2D eigenvalue weighted by atomic mass is 9.78. The molecule has 0 spiro atoms. The molecule has 3 rings (SSSR count). The average molecular weight is 375 g/mol. The number of carbonyl (C=O) groups is 1. The molecular weight excluding hydrogens is 352 g/mol. The number of nitrogens with zero attached hydrogens (tertiary/aromatic N) is 1. The second kappa shape index (κ2) is 7.39. The van der Waals surface area contributed by atoms with E-state index in [1.54, 1.807) is 12.1 Å². The van der Waals surface area contributed by atoms with Crippen LogP contribution in [-0.4, -0.2) is 44.9 Å². The van der Waals surface area contributed by atoms with Crippen molar-refractivity contribution in [3.8, 4) is 0 Å². The molecule has 1 aliphatic heterocycles. The Morgan fingerprint density at radius 1 is 1.25 bits per heavy atom. The highest BCUT2D eigenvalue weighted by atomic mass is 35.5. The van der Waals surface area contributed by atoms with E-state index in [4.69, 9.17) is 10.5 Å². The number of nitrogens with two attached hydrogens (primary N) is 1. The van der Waals surface area contributed by atoms with Gasteiger partial charge in [-0.15, -0.1) is 12.4 Å². The first-order valence-corrected chi connectivity index (χ1v) is 9.32. The lowest BCUT2D eigenvalue weighted by molar-refractivity contribution is 0.0596. The van der Waals surface area contributed by atoms with Gasteiger partial charge in [-0.3, -0.25) is 0 Å². The highest BCUT2D eigenvalue weighted by Crippen LogP contribution is 2.38. The third-order valence-corrected chi connectivity index (χ3v) is 6.92. The largest absolute Gasteiger partial charge is 0.465 e. The molecule has 2 fully saturated rings. The van der Waals surface area contributed by atoms with Crippen molar-refractivity contribution in [1.29, 1.82) is 0 Å². The van der Waals surface area contributed by atoms with Crippen LogP contribution in [0.1, 0.15) is 29.6 Å². The van der Waals surface area contributed by atoms with Crippen LogP contribution in [0, 0.1) is 11.8 Å². The third kappa shape index (κ3) is 3.31. The van der Waals surface area contributed by atoms with Gasteiger partial charge in [0.2, 0.25) is 10.0 Å². The molecule has 6 nitrogen and oxygen atoms in total. The lowest BCUT2D eigenvalue weighted by Crippen LogP contribution is -2.38. The number of carbonyl (C=O) groups excluding carboxylic acids is 1. The van der Waals surface area contributed by atoms with Crippen LogP contribution >= 0.6 is 12.4 Å². The van der Waals surface area contributed by atoms with E-state index in [1.807, 2.05) is 0 Å². The number of sulfonamides is 1. The maximum Gasteiger partial charge on any atom is 0.339 e. The highest BCUT2D eigenvalue weighted by molar-refractivity contribution is 7.89. The second-order valence-electron chi connectivity index (χ2n) is 6.33. The van der Waals surface area contributed by atoms with Crippen molar-refractivity contribution < 1.29 is 17.9 Å². The first-order chi connectivity index (χ1) is 10.9. The van der Waals surface area contributed by atoms with Gasteiger partial charge in [0, 0.05) is 19.1 Å². The topological polar surface area (TPSA) is 89.7 Å². The zero-order valence-corrected chi connectivity index (χ0v) is 15.2. The Hall–Kier alpha value is -1.15. The molecule has 2 aliphatic rings. The third-order valence-electron chi connectivity index (χ3n) is 5.03. The number of esters is 1. The van der Waals surface area contributed by atoms with Crippen molar-refractivity contribution >= 4 is 28.4 Å². The van der Waals surface area contributed by atoms with Gasteiger partial charge in [-0.2, -0.15) is 4.31 Å². The molecule has 8 heteroatoms. The number of methoxy groups -OCH3 is 1. The summed E-state index contributed by atoms with van der Waals surface area (Å²) in [5.41, 5.74) is 6.25. The summed E-state index contributed by atoms with van der Waals surface area (Å²) >= 11 is 0. The molecule has 1 saturated carbocycles. The van der Waals surface area contributed by atoms with Crippen LogP contribution in [-0.2, 0) is 14.8 Å². The maximum atomic E-state index is 13.0. The number of rotatable bonds is 3. The Balaban J connectivity index is 0.00000208. The lowest BCUT2D eigenvalue weighted by Gasteiger charge is -2.29. The van der Waals surface area contributed by atoms with Crippen LogP contribution in [0.15, 0.2) is 29.2 Å². The summed E-state index contributed by atoms with van der Waals surface area (Å²) in [5.74, 6) is -0.111. The standard InChI is InChI=1S/C16H22N2O4S.ClH/c1-22-16(19)12-6-2-3-8-15(12)23(20,21)18-9-11-5-4-7-14(17)13(11)10-18;/h2-3,6,8,11,13-14H,4-5,7,9-10,17H2,1H3;1H. The fourth-order valence-electron chi connectivity index (χ4n) is 3.78. The van der Waals surface area contributed by atoms with Crippen LogP contribution in [0.4, 0.5) is 0 Å². The zero-order chi connectivity index (χ0) is 16.6. The van der Waals surface area contributed by atoms with Crippen molar-refractivity contribution in [2.75, 3.05) is 20.2 Å². The van der Waals surface area contributed by atoms with E-state index < -0.39 is 16.0 Å². The smallest absolute Gasteiger partial charge is 0.339 e. The molecule has 134 valence electrons. The normalized spacial score (nSPS) is 27.2. The Labute approximate surface area is 148 Å². The van der Waals surface area contributed by atoms with Gasteiger partial charge in [-0.1, -0.05) is 18.6 Å². The minimum atomic E-state index is -3.73. The van der Waals surface area contributed by atoms with E-state index >= 15 is 0 Å². The maximum absolute atomic E-state index is 13.0. The van der Waals surface area contributed by atoms with Crippen LogP contribution in [0.2, 0.25) is 0 Å². The summed E-state index contributed by atoms with van der Waals surface area (Å²) < 4.78 is 32.2. The summed E-state index contributed by atoms with van der Waals surface area (Å²) in [6.45, 7) is 0.917. The van der Waals surface area contributed by atoms with Crippen LogP contribution < -0.4 is 5.73 Å². The number of fused-ring (bicyclic) bond motifs is 1. The van der Waals surface area contributed by atoms with Gasteiger partial charge in [0.15, 0.2) is 0 Å². The molecule has 0 aromatic heterocycles. The predicted molar refractivity (Wildman–Crippen MR) is 92.6 cm³/mol. The van der Waals surface area contributed by atoms with Gasteiger partial charge in [0.1, 0.15) is 0 Å². The number of hydrogen-bond donors (Lipinski definition) is 1. The van der Waals surface area contributed by atoms with Crippen LogP contribution in [0.25, 0.3) is 0 Å². The van der Waals surface area contributed by atoms with Gasteiger partial charge < -0.3 is 10.5 Å². The van der Waals surface area contributed by atoms with Crippen LogP contribution in [0.3, 0.4) is 0 Å². The molecule has 1 aliphatic carbocycles. The minimum Gasteiger partial charge on any atom is -0.465 e. The van der Waals surface area contributed by atoms with Crippen molar-refractivity contribution in [1.82, 2.24) is 4.31 Å². The molecule has 1 heterocycles. The van der Waals surface area contributed by atoms with Gasteiger partial charge in [-0.05, 0) is 36.8 Å². The first-order valence-electron chi connectivity index (χ1n) is 7.88.